The highest BCUT2D eigenvalue weighted by molar-refractivity contribution is 14.0. The summed E-state index contributed by atoms with van der Waals surface area (Å²) in [6, 6.07) is 6.12. The standard InChI is InChI=1S/C20H35N3O3.HI/c1-5-24-15-9-8-13-22-20(21-4)23-14-12-17-10-11-18(25-6-2)19(16-17)26-7-3;/h10-11,16H,5-9,12-15H2,1-4H3,(H2,21,22,23);1H. The normalized spacial score (nSPS) is 10.9. The summed E-state index contributed by atoms with van der Waals surface area (Å²) in [5, 5.41) is 6.68. The van der Waals surface area contributed by atoms with Crippen molar-refractivity contribution < 1.29 is 14.2 Å². The summed E-state index contributed by atoms with van der Waals surface area (Å²) in [7, 11) is 1.79. The molecular weight excluding hydrogens is 457 g/mol. The highest BCUT2D eigenvalue weighted by atomic mass is 127. The first-order valence-electron chi connectivity index (χ1n) is 9.65. The van der Waals surface area contributed by atoms with Crippen LogP contribution in [-0.2, 0) is 11.2 Å². The molecule has 0 bridgehead atoms. The number of ether oxygens (including phenoxy) is 3. The Kier molecular flexibility index (Phi) is 16.2. The maximum atomic E-state index is 5.68. The third-order valence-electron chi connectivity index (χ3n) is 3.75. The molecule has 1 aromatic rings. The van der Waals surface area contributed by atoms with E-state index in [4.69, 9.17) is 14.2 Å². The summed E-state index contributed by atoms with van der Waals surface area (Å²) in [6.07, 6.45) is 3.01. The van der Waals surface area contributed by atoms with E-state index in [1.165, 1.54) is 5.56 Å². The maximum absolute atomic E-state index is 5.68. The highest BCUT2D eigenvalue weighted by Gasteiger charge is 2.06. The highest BCUT2D eigenvalue weighted by Crippen LogP contribution is 2.28. The molecule has 0 aliphatic heterocycles. The molecule has 156 valence electrons. The Morgan fingerprint density at radius 1 is 0.926 bits per heavy atom. The molecule has 2 N–H and O–H groups in total. The van der Waals surface area contributed by atoms with Crippen LogP contribution in [0.4, 0.5) is 0 Å². The molecule has 27 heavy (non-hydrogen) atoms. The van der Waals surface area contributed by atoms with Crippen LogP contribution >= 0.6 is 24.0 Å². The van der Waals surface area contributed by atoms with E-state index in [0.29, 0.717) is 13.2 Å². The summed E-state index contributed by atoms with van der Waals surface area (Å²) in [6.45, 7) is 10.5. The second-order valence-electron chi connectivity index (χ2n) is 5.73. The molecular formula is C20H36IN3O3. The molecule has 0 aliphatic rings. The number of aliphatic imine (C=N–C) groups is 1. The van der Waals surface area contributed by atoms with Crippen LogP contribution in [0.25, 0.3) is 0 Å². The average molecular weight is 493 g/mol. The van der Waals surface area contributed by atoms with Gasteiger partial charge in [-0.05, 0) is 57.7 Å². The van der Waals surface area contributed by atoms with Gasteiger partial charge in [-0.3, -0.25) is 4.99 Å². The van der Waals surface area contributed by atoms with Crippen molar-refractivity contribution in [3.63, 3.8) is 0 Å². The molecule has 0 unspecified atom stereocenters. The summed E-state index contributed by atoms with van der Waals surface area (Å²) in [5.74, 6) is 2.44. The minimum Gasteiger partial charge on any atom is -0.490 e. The van der Waals surface area contributed by atoms with Crippen LogP contribution in [0.3, 0.4) is 0 Å². The molecule has 0 aliphatic carbocycles. The third kappa shape index (κ3) is 11.3. The van der Waals surface area contributed by atoms with Crippen molar-refractivity contribution in [3.8, 4) is 11.5 Å². The van der Waals surface area contributed by atoms with Crippen molar-refractivity contribution in [1.82, 2.24) is 10.6 Å². The fourth-order valence-corrected chi connectivity index (χ4v) is 2.48. The van der Waals surface area contributed by atoms with Crippen molar-refractivity contribution in [2.75, 3.05) is 46.6 Å². The van der Waals surface area contributed by atoms with Gasteiger partial charge in [-0.15, -0.1) is 24.0 Å². The van der Waals surface area contributed by atoms with Gasteiger partial charge >= 0.3 is 0 Å². The molecule has 6 nitrogen and oxygen atoms in total. The Hall–Kier alpha value is -1.22. The van der Waals surface area contributed by atoms with Crippen LogP contribution in [0.15, 0.2) is 23.2 Å². The quantitative estimate of drug-likeness (QED) is 0.190. The summed E-state index contributed by atoms with van der Waals surface area (Å²) in [4.78, 5) is 4.26. The van der Waals surface area contributed by atoms with E-state index < -0.39 is 0 Å². The minimum atomic E-state index is 0. The number of nitrogens with one attached hydrogen (secondary N) is 2. The molecule has 1 aromatic carbocycles. The van der Waals surface area contributed by atoms with Gasteiger partial charge in [0.2, 0.25) is 0 Å². The molecule has 0 fully saturated rings. The Morgan fingerprint density at radius 3 is 2.30 bits per heavy atom. The van der Waals surface area contributed by atoms with Crippen LogP contribution in [0, 0.1) is 0 Å². The predicted octanol–water partition coefficient (Wildman–Crippen LogP) is 3.63. The Morgan fingerprint density at radius 2 is 1.63 bits per heavy atom. The number of unbranched alkanes of at least 4 members (excludes halogenated alkanes) is 1. The van der Waals surface area contributed by atoms with Crippen LogP contribution in [0.2, 0.25) is 0 Å². The molecule has 0 aromatic heterocycles. The van der Waals surface area contributed by atoms with Crippen LogP contribution in [0.1, 0.15) is 39.2 Å². The van der Waals surface area contributed by atoms with E-state index in [1.54, 1.807) is 7.05 Å². The molecule has 0 saturated carbocycles. The summed E-state index contributed by atoms with van der Waals surface area (Å²) in [5.41, 5.74) is 1.21. The van der Waals surface area contributed by atoms with Gasteiger partial charge in [-0.2, -0.15) is 0 Å². The Labute approximate surface area is 181 Å². The largest absolute Gasteiger partial charge is 0.490 e. The molecule has 0 radical (unpaired) electrons. The SMILES string of the molecule is CCOCCCCNC(=NC)NCCc1ccc(OCC)c(OCC)c1.I. The smallest absolute Gasteiger partial charge is 0.190 e. The number of benzene rings is 1. The van der Waals surface area contributed by atoms with Crippen molar-refractivity contribution >= 4 is 29.9 Å². The van der Waals surface area contributed by atoms with E-state index in [1.807, 2.05) is 26.8 Å². The van der Waals surface area contributed by atoms with Gasteiger partial charge in [0.25, 0.3) is 0 Å². The summed E-state index contributed by atoms with van der Waals surface area (Å²) >= 11 is 0. The molecule has 0 atom stereocenters. The number of hydrogen-bond donors (Lipinski definition) is 2. The zero-order valence-corrected chi connectivity index (χ0v) is 19.5. The van der Waals surface area contributed by atoms with E-state index in [-0.39, 0.29) is 24.0 Å². The van der Waals surface area contributed by atoms with Gasteiger partial charge in [0, 0.05) is 33.4 Å². The second-order valence-corrected chi connectivity index (χ2v) is 5.73. The number of halogens is 1. The third-order valence-corrected chi connectivity index (χ3v) is 3.75. The zero-order valence-electron chi connectivity index (χ0n) is 17.2. The van der Waals surface area contributed by atoms with Gasteiger partial charge in [-0.25, -0.2) is 0 Å². The molecule has 0 amide bonds. The molecule has 0 saturated heterocycles. The minimum absolute atomic E-state index is 0. The lowest BCUT2D eigenvalue weighted by atomic mass is 10.1. The first kappa shape index (κ1) is 25.8. The van der Waals surface area contributed by atoms with Gasteiger partial charge in [0.1, 0.15) is 0 Å². The van der Waals surface area contributed by atoms with Crippen molar-refractivity contribution in [1.29, 1.82) is 0 Å². The first-order valence-corrected chi connectivity index (χ1v) is 9.65. The molecule has 7 heteroatoms. The maximum Gasteiger partial charge on any atom is 0.190 e. The monoisotopic (exact) mass is 493 g/mol. The van der Waals surface area contributed by atoms with Crippen LogP contribution < -0.4 is 20.1 Å². The fourth-order valence-electron chi connectivity index (χ4n) is 2.48. The number of nitrogens with zero attached hydrogens (tertiary/aromatic N) is 1. The van der Waals surface area contributed by atoms with E-state index in [2.05, 4.69) is 27.8 Å². The second kappa shape index (κ2) is 16.9. The lowest BCUT2D eigenvalue weighted by molar-refractivity contribution is 0.143. The van der Waals surface area contributed by atoms with Gasteiger partial charge in [0.05, 0.1) is 13.2 Å². The fraction of sp³-hybridized carbons (Fsp3) is 0.650. The van der Waals surface area contributed by atoms with Crippen molar-refractivity contribution in [3.05, 3.63) is 23.8 Å². The van der Waals surface area contributed by atoms with Crippen molar-refractivity contribution in [2.45, 2.75) is 40.0 Å². The summed E-state index contributed by atoms with van der Waals surface area (Å²) < 4.78 is 16.6. The number of guanidine groups is 1. The van der Waals surface area contributed by atoms with Gasteiger partial charge in [-0.1, -0.05) is 6.07 Å². The molecule has 1 rings (SSSR count). The average Bonchev–Trinajstić information content (AvgIpc) is 2.65. The van der Waals surface area contributed by atoms with E-state index in [0.717, 1.165) is 63.0 Å². The van der Waals surface area contributed by atoms with Gasteiger partial charge in [0.15, 0.2) is 17.5 Å². The lowest BCUT2D eigenvalue weighted by Gasteiger charge is -2.14. The van der Waals surface area contributed by atoms with E-state index >= 15 is 0 Å². The van der Waals surface area contributed by atoms with E-state index in [9.17, 15) is 0 Å². The predicted molar refractivity (Wildman–Crippen MR) is 123 cm³/mol. The lowest BCUT2D eigenvalue weighted by Crippen LogP contribution is -2.38. The zero-order chi connectivity index (χ0) is 19.0. The Balaban J connectivity index is 0.00000676. The van der Waals surface area contributed by atoms with Crippen LogP contribution in [-0.4, -0.2) is 52.5 Å². The Bertz CT molecular complexity index is 527. The molecule has 0 heterocycles. The first-order chi connectivity index (χ1) is 12.7. The van der Waals surface area contributed by atoms with Crippen LogP contribution in [0.5, 0.6) is 11.5 Å². The topological polar surface area (TPSA) is 64.1 Å². The number of hydrogen-bond acceptors (Lipinski definition) is 4. The number of rotatable bonds is 13. The van der Waals surface area contributed by atoms with Crippen molar-refractivity contribution in [2.24, 2.45) is 4.99 Å². The van der Waals surface area contributed by atoms with Gasteiger partial charge < -0.3 is 24.8 Å². The molecule has 0 spiro atoms.